The van der Waals surface area contributed by atoms with Crippen molar-refractivity contribution >= 4 is 5.78 Å². The number of benzene rings is 1. The third-order valence-electron chi connectivity index (χ3n) is 2.89. The van der Waals surface area contributed by atoms with Gasteiger partial charge in [-0.1, -0.05) is 31.9 Å². The van der Waals surface area contributed by atoms with Crippen molar-refractivity contribution in [2.45, 2.75) is 26.2 Å². The van der Waals surface area contributed by atoms with Crippen LogP contribution in [0.5, 0.6) is 0 Å². The van der Waals surface area contributed by atoms with Gasteiger partial charge in [0, 0.05) is 5.56 Å². The van der Waals surface area contributed by atoms with Gasteiger partial charge < -0.3 is 0 Å². The van der Waals surface area contributed by atoms with Crippen molar-refractivity contribution in [3.63, 3.8) is 0 Å². The first-order chi connectivity index (χ1) is 8.67. The summed E-state index contributed by atoms with van der Waals surface area (Å²) in [6.07, 6.45) is 3.53. The molecule has 0 saturated heterocycles. The lowest BCUT2D eigenvalue weighted by atomic mass is 10.1. The highest BCUT2D eigenvalue weighted by atomic mass is 16.1. The van der Waals surface area contributed by atoms with Gasteiger partial charge in [-0.3, -0.25) is 9.69 Å². The van der Waals surface area contributed by atoms with Crippen molar-refractivity contribution in [1.82, 2.24) is 4.90 Å². The minimum atomic E-state index is 0.110. The second kappa shape index (κ2) is 7.62. The highest BCUT2D eigenvalue weighted by Gasteiger charge is 2.08. The Morgan fingerprint density at radius 3 is 2.50 bits per heavy atom. The largest absolute Gasteiger partial charge is 0.299 e. The Hall–Kier alpha value is -1.66. The van der Waals surface area contributed by atoms with Gasteiger partial charge in [0.15, 0.2) is 5.78 Å². The SMILES string of the molecule is CCCCCN(C)CC(=O)c1ccc(C#N)cc1. The zero-order valence-electron chi connectivity index (χ0n) is 11.1. The van der Waals surface area contributed by atoms with E-state index in [-0.39, 0.29) is 5.78 Å². The number of rotatable bonds is 7. The van der Waals surface area contributed by atoms with Gasteiger partial charge in [-0.2, -0.15) is 5.26 Å². The predicted molar refractivity (Wildman–Crippen MR) is 72.5 cm³/mol. The number of unbranched alkanes of at least 4 members (excludes halogenated alkanes) is 2. The number of likely N-dealkylation sites (N-methyl/N-ethyl adjacent to an activating group) is 1. The van der Waals surface area contributed by atoms with Gasteiger partial charge in [0.25, 0.3) is 0 Å². The quantitative estimate of drug-likeness (QED) is 0.547. The Kier molecular flexibility index (Phi) is 6.10. The van der Waals surface area contributed by atoms with E-state index in [1.165, 1.54) is 12.8 Å². The van der Waals surface area contributed by atoms with Gasteiger partial charge in [0.05, 0.1) is 18.2 Å². The molecule has 0 N–H and O–H groups in total. The van der Waals surface area contributed by atoms with Crippen molar-refractivity contribution in [3.05, 3.63) is 35.4 Å². The fourth-order valence-electron chi connectivity index (χ4n) is 1.78. The van der Waals surface area contributed by atoms with Gasteiger partial charge in [0.1, 0.15) is 0 Å². The third-order valence-corrected chi connectivity index (χ3v) is 2.89. The molecule has 3 heteroatoms. The summed E-state index contributed by atoms with van der Waals surface area (Å²) in [6, 6.07) is 8.86. The second-order valence-electron chi connectivity index (χ2n) is 4.56. The van der Waals surface area contributed by atoms with Crippen molar-refractivity contribution in [3.8, 4) is 6.07 Å². The predicted octanol–water partition coefficient (Wildman–Crippen LogP) is 2.86. The lowest BCUT2D eigenvalue weighted by Crippen LogP contribution is -2.27. The van der Waals surface area contributed by atoms with Crippen LogP contribution in [0.25, 0.3) is 0 Å². The Balaban J connectivity index is 2.46. The van der Waals surface area contributed by atoms with E-state index in [1.807, 2.05) is 13.1 Å². The van der Waals surface area contributed by atoms with E-state index in [0.717, 1.165) is 13.0 Å². The van der Waals surface area contributed by atoms with Crippen LogP contribution in [0.1, 0.15) is 42.1 Å². The standard InChI is InChI=1S/C15H20N2O/c1-3-4-5-10-17(2)12-15(18)14-8-6-13(11-16)7-9-14/h6-9H,3-5,10,12H2,1-2H3. The maximum atomic E-state index is 12.0. The molecule has 0 aliphatic carbocycles. The van der Waals surface area contributed by atoms with Crippen molar-refractivity contribution in [2.24, 2.45) is 0 Å². The molecule has 0 unspecified atom stereocenters. The molecule has 0 aromatic heterocycles. The molecular weight excluding hydrogens is 224 g/mol. The van der Waals surface area contributed by atoms with E-state index >= 15 is 0 Å². The Labute approximate surface area is 109 Å². The van der Waals surface area contributed by atoms with E-state index in [9.17, 15) is 4.79 Å². The van der Waals surface area contributed by atoms with Crippen molar-refractivity contribution in [1.29, 1.82) is 5.26 Å². The third kappa shape index (κ3) is 4.68. The number of hydrogen-bond donors (Lipinski definition) is 0. The van der Waals surface area contributed by atoms with E-state index in [0.29, 0.717) is 17.7 Å². The smallest absolute Gasteiger partial charge is 0.176 e. The highest BCUT2D eigenvalue weighted by Crippen LogP contribution is 2.05. The van der Waals surface area contributed by atoms with Crippen LogP contribution >= 0.6 is 0 Å². The first-order valence-electron chi connectivity index (χ1n) is 6.39. The Morgan fingerprint density at radius 2 is 1.94 bits per heavy atom. The molecular formula is C15H20N2O. The zero-order chi connectivity index (χ0) is 13.4. The molecule has 1 rings (SSSR count). The molecule has 0 fully saturated rings. The summed E-state index contributed by atoms with van der Waals surface area (Å²) in [5.74, 6) is 0.110. The fourth-order valence-corrected chi connectivity index (χ4v) is 1.78. The van der Waals surface area contributed by atoms with Crippen molar-refractivity contribution in [2.75, 3.05) is 20.1 Å². The van der Waals surface area contributed by atoms with Crippen LogP contribution in [0.2, 0.25) is 0 Å². The average molecular weight is 244 g/mol. The average Bonchev–Trinajstić information content (AvgIpc) is 2.39. The molecule has 18 heavy (non-hydrogen) atoms. The number of nitrogens with zero attached hydrogens (tertiary/aromatic N) is 2. The van der Waals surface area contributed by atoms with Crippen LogP contribution in [0, 0.1) is 11.3 Å². The summed E-state index contributed by atoms with van der Waals surface area (Å²) >= 11 is 0. The lowest BCUT2D eigenvalue weighted by molar-refractivity contribution is 0.0945. The lowest BCUT2D eigenvalue weighted by Gasteiger charge is -2.15. The number of carbonyl (C=O) groups is 1. The van der Waals surface area contributed by atoms with Gasteiger partial charge in [-0.15, -0.1) is 0 Å². The molecule has 0 atom stereocenters. The number of carbonyl (C=O) groups excluding carboxylic acids is 1. The van der Waals surface area contributed by atoms with Crippen LogP contribution in [-0.4, -0.2) is 30.8 Å². The number of ketones is 1. The van der Waals surface area contributed by atoms with E-state index < -0.39 is 0 Å². The fraction of sp³-hybridized carbons (Fsp3) is 0.467. The van der Waals surface area contributed by atoms with Gasteiger partial charge >= 0.3 is 0 Å². The van der Waals surface area contributed by atoms with E-state index in [4.69, 9.17) is 5.26 Å². The van der Waals surface area contributed by atoms with Crippen molar-refractivity contribution < 1.29 is 4.79 Å². The molecule has 0 saturated carbocycles. The highest BCUT2D eigenvalue weighted by molar-refractivity contribution is 5.97. The van der Waals surface area contributed by atoms with Crippen LogP contribution < -0.4 is 0 Å². The first kappa shape index (κ1) is 14.4. The summed E-state index contributed by atoms with van der Waals surface area (Å²) in [4.78, 5) is 14.0. The molecule has 0 amide bonds. The minimum Gasteiger partial charge on any atom is -0.299 e. The first-order valence-corrected chi connectivity index (χ1v) is 6.39. The van der Waals surface area contributed by atoms with Gasteiger partial charge in [-0.05, 0) is 32.1 Å². The van der Waals surface area contributed by atoms with Crippen LogP contribution in [0.4, 0.5) is 0 Å². The van der Waals surface area contributed by atoms with Crippen LogP contribution in [0.15, 0.2) is 24.3 Å². The van der Waals surface area contributed by atoms with Gasteiger partial charge in [-0.25, -0.2) is 0 Å². The monoisotopic (exact) mass is 244 g/mol. The molecule has 0 aliphatic rings. The van der Waals surface area contributed by atoms with E-state index in [1.54, 1.807) is 24.3 Å². The maximum absolute atomic E-state index is 12.0. The number of nitriles is 1. The summed E-state index contributed by atoms with van der Waals surface area (Å²) in [5.41, 5.74) is 1.26. The number of Topliss-reactive ketones (excluding diaryl/α,β-unsaturated/α-hetero) is 1. The van der Waals surface area contributed by atoms with Gasteiger partial charge in [0.2, 0.25) is 0 Å². The molecule has 96 valence electrons. The normalized spacial score (nSPS) is 10.3. The van der Waals surface area contributed by atoms with E-state index in [2.05, 4.69) is 11.8 Å². The molecule has 1 aromatic rings. The summed E-state index contributed by atoms with van der Waals surface area (Å²) in [7, 11) is 1.97. The summed E-state index contributed by atoms with van der Waals surface area (Å²) in [6.45, 7) is 3.56. The Bertz CT molecular complexity index is 417. The maximum Gasteiger partial charge on any atom is 0.176 e. The minimum absolute atomic E-state index is 0.110. The molecule has 0 spiro atoms. The topological polar surface area (TPSA) is 44.1 Å². The molecule has 0 aliphatic heterocycles. The second-order valence-corrected chi connectivity index (χ2v) is 4.56. The van der Waals surface area contributed by atoms with Crippen LogP contribution in [-0.2, 0) is 0 Å². The molecule has 0 heterocycles. The summed E-state index contributed by atoms with van der Waals surface area (Å²) in [5, 5.41) is 8.69. The number of hydrogen-bond acceptors (Lipinski definition) is 3. The van der Waals surface area contributed by atoms with Crippen LogP contribution in [0.3, 0.4) is 0 Å². The molecule has 3 nitrogen and oxygen atoms in total. The summed E-state index contributed by atoms with van der Waals surface area (Å²) < 4.78 is 0. The zero-order valence-corrected chi connectivity index (χ0v) is 11.1. The Morgan fingerprint density at radius 1 is 1.28 bits per heavy atom. The molecule has 0 radical (unpaired) electrons. The molecule has 1 aromatic carbocycles. The molecule has 0 bridgehead atoms.